The summed E-state index contributed by atoms with van der Waals surface area (Å²) >= 11 is 0. The highest BCUT2D eigenvalue weighted by atomic mass is 16.5. The molecule has 2 fully saturated rings. The van der Waals surface area contributed by atoms with Gasteiger partial charge in [-0.3, -0.25) is 24.5 Å². The van der Waals surface area contributed by atoms with E-state index in [-0.39, 0.29) is 5.75 Å². The maximum Gasteiger partial charge on any atom is 0.308 e. The van der Waals surface area contributed by atoms with Crippen molar-refractivity contribution in [1.29, 1.82) is 0 Å². The van der Waals surface area contributed by atoms with Crippen molar-refractivity contribution in [3.05, 3.63) is 54.1 Å². The number of hydrogen-bond donors (Lipinski definition) is 3. The molecule has 3 amide bonds. The molecule has 3 N–H and O–H groups in total. The Morgan fingerprint density at radius 3 is 2.48 bits per heavy atom. The van der Waals surface area contributed by atoms with Crippen molar-refractivity contribution in [3.8, 4) is 5.75 Å². The van der Waals surface area contributed by atoms with E-state index in [0.29, 0.717) is 16.9 Å². The summed E-state index contributed by atoms with van der Waals surface area (Å²) in [5, 5.41) is 15.8. The molecule has 0 aromatic heterocycles. The molecule has 0 saturated carbocycles. The fourth-order valence-electron chi connectivity index (χ4n) is 5.00. The Labute approximate surface area is 177 Å². The monoisotopic (exact) mass is 421 g/mol. The van der Waals surface area contributed by atoms with E-state index in [1.54, 1.807) is 24.3 Å². The van der Waals surface area contributed by atoms with Gasteiger partial charge in [0.2, 0.25) is 17.7 Å². The van der Waals surface area contributed by atoms with E-state index < -0.39 is 53.7 Å². The van der Waals surface area contributed by atoms with E-state index in [2.05, 4.69) is 10.6 Å². The van der Waals surface area contributed by atoms with E-state index in [1.165, 1.54) is 31.2 Å². The van der Waals surface area contributed by atoms with Crippen LogP contribution in [0.4, 0.5) is 11.4 Å². The van der Waals surface area contributed by atoms with Crippen LogP contribution in [-0.4, -0.2) is 41.4 Å². The summed E-state index contributed by atoms with van der Waals surface area (Å²) in [5.74, 6) is -3.54. The van der Waals surface area contributed by atoms with Crippen LogP contribution < -0.4 is 20.3 Å². The predicted molar refractivity (Wildman–Crippen MR) is 108 cm³/mol. The highest BCUT2D eigenvalue weighted by Gasteiger charge is 2.70. The lowest BCUT2D eigenvalue weighted by Crippen LogP contribution is -2.53. The van der Waals surface area contributed by atoms with Gasteiger partial charge in [-0.05, 0) is 30.3 Å². The van der Waals surface area contributed by atoms with Crippen LogP contribution in [0.15, 0.2) is 48.5 Å². The average Bonchev–Trinajstić information content (AvgIpc) is 3.33. The van der Waals surface area contributed by atoms with Gasteiger partial charge in [0, 0.05) is 24.2 Å². The minimum atomic E-state index is -1.44. The SMILES string of the molecule is CC(=O)Oc1ccc(N2C(=O)[C@@H]3[C@H](CO)N[C@]4(C(=O)Nc5ccccc54)[C@@H]3C2=O)cc1. The summed E-state index contributed by atoms with van der Waals surface area (Å²) in [6.45, 7) is 0.866. The summed E-state index contributed by atoms with van der Waals surface area (Å²) < 4.78 is 5.00. The largest absolute Gasteiger partial charge is 0.427 e. The second-order valence-corrected chi connectivity index (χ2v) is 7.84. The lowest BCUT2D eigenvalue weighted by atomic mass is 9.76. The lowest BCUT2D eigenvalue weighted by Gasteiger charge is -2.29. The number of aliphatic hydroxyl groups is 1. The first-order chi connectivity index (χ1) is 14.9. The fraction of sp³-hybridized carbons (Fsp3) is 0.273. The van der Waals surface area contributed by atoms with Gasteiger partial charge in [0.1, 0.15) is 11.3 Å². The molecule has 1 spiro atoms. The molecule has 3 aliphatic rings. The fourth-order valence-corrected chi connectivity index (χ4v) is 5.00. The van der Waals surface area contributed by atoms with Crippen molar-refractivity contribution in [1.82, 2.24) is 5.32 Å². The first-order valence-corrected chi connectivity index (χ1v) is 9.84. The third kappa shape index (κ3) is 2.57. The third-order valence-corrected chi connectivity index (χ3v) is 6.18. The molecule has 158 valence electrons. The molecule has 4 atom stereocenters. The van der Waals surface area contributed by atoms with Gasteiger partial charge in [0.05, 0.1) is 24.1 Å². The van der Waals surface area contributed by atoms with Gasteiger partial charge in [-0.1, -0.05) is 18.2 Å². The maximum absolute atomic E-state index is 13.6. The van der Waals surface area contributed by atoms with E-state index in [0.717, 1.165) is 4.90 Å². The van der Waals surface area contributed by atoms with Crippen molar-refractivity contribution in [2.75, 3.05) is 16.8 Å². The first-order valence-electron chi connectivity index (χ1n) is 9.84. The molecule has 0 bridgehead atoms. The van der Waals surface area contributed by atoms with Crippen molar-refractivity contribution < 1.29 is 29.0 Å². The number of esters is 1. The summed E-state index contributed by atoms with van der Waals surface area (Å²) in [7, 11) is 0. The third-order valence-electron chi connectivity index (χ3n) is 6.18. The molecular formula is C22H19N3O6. The summed E-state index contributed by atoms with van der Waals surface area (Å²) in [5.41, 5.74) is 0.0214. The smallest absolute Gasteiger partial charge is 0.308 e. The van der Waals surface area contributed by atoms with Crippen LogP contribution in [0.1, 0.15) is 12.5 Å². The Kier molecular flexibility index (Phi) is 4.21. The zero-order chi connectivity index (χ0) is 21.9. The molecule has 2 saturated heterocycles. The number of imide groups is 1. The van der Waals surface area contributed by atoms with E-state index in [9.17, 15) is 24.3 Å². The van der Waals surface area contributed by atoms with Gasteiger partial charge in [-0.15, -0.1) is 0 Å². The molecule has 0 radical (unpaired) electrons. The van der Waals surface area contributed by atoms with Crippen LogP contribution in [0.25, 0.3) is 0 Å². The maximum atomic E-state index is 13.6. The predicted octanol–water partition coefficient (Wildman–Crippen LogP) is 0.529. The second-order valence-electron chi connectivity index (χ2n) is 7.84. The zero-order valence-electron chi connectivity index (χ0n) is 16.5. The number of benzene rings is 2. The topological polar surface area (TPSA) is 125 Å². The van der Waals surface area contributed by atoms with E-state index in [1.807, 2.05) is 0 Å². The minimum Gasteiger partial charge on any atom is -0.427 e. The van der Waals surface area contributed by atoms with Gasteiger partial charge in [-0.25, -0.2) is 4.90 Å². The molecule has 31 heavy (non-hydrogen) atoms. The van der Waals surface area contributed by atoms with Crippen LogP contribution in [-0.2, 0) is 24.7 Å². The Morgan fingerprint density at radius 1 is 1.10 bits per heavy atom. The first kappa shape index (κ1) is 19.4. The number of fused-ring (bicyclic) bond motifs is 4. The Balaban J connectivity index is 1.58. The number of nitrogens with one attached hydrogen (secondary N) is 2. The van der Waals surface area contributed by atoms with Gasteiger partial charge >= 0.3 is 5.97 Å². The molecule has 2 aromatic rings. The normalized spacial score (nSPS) is 28.6. The number of para-hydroxylation sites is 1. The summed E-state index contributed by atoms with van der Waals surface area (Å²) in [6.07, 6.45) is 0. The Bertz CT molecular complexity index is 1130. The number of carbonyl (C=O) groups is 4. The van der Waals surface area contributed by atoms with Crippen molar-refractivity contribution in [3.63, 3.8) is 0 Å². The van der Waals surface area contributed by atoms with Gasteiger partial charge in [-0.2, -0.15) is 0 Å². The van der Waals surface area contributed by atoms with Gasteiger partial charge in [0.25, 0.3) is 0 Å². The van der Waals surface area contributed by atoms with Gasteiger partial charge < -0.3 is 15.2 Å². The molecular weight excluding hydrogens is 402 g/mol. The number of hydrogen-bond acceptors (Lipinski definition) is 7. The molecule has 2 aromatic carbocycles. The zero-order valence-corrected chi connectivity index (χ0v) is 16.5. The van der Waals surface area contributed by atoms with Crippen molar-refractivity contribution in [2.24, 2.45) is 11.8 Å². The standard InChI is InChI=1S/C22H19N3O6/c1-11(27)31-13-8-6-12(7-9-13)25-19(28)17-16(10-26)24-22(18(17)20(25)29)14-4-2-3-5-15(14)23-21(22)30/h2-9,16-18,24,26H,10H2,1H3,(H,23,30)/t16-,17+,18-,22-/m0/s1. The number of amides is 3. The van der Waals surface area contributed by atoms with Crippen LogP contribution >= 0.6 is 0 Å². The number of aliphatic hydroxyl groups excluding tert-OH is 1. The quantitative estimate of drug-likeness (QED) is 0.375. The van der Waals surface area contributed by atoms with Gasteiger partial charge in [0.15, 0.2) is 0 Å². The van der Waals surface area contributed by atoms with Crippen LogP contribution in [0.5, 0.6) is 5.75 Å². The van der Waals surface area contributed by atoms with Crippen LogP contribution in [0.2, 0.25) is 0 Å². The number of anilines is 2. The molecule has 3 heterocycles. The van der Waals surface area contributed by atoms with Crippen molar-refractivity contribution in [2.45, 2.75) is 18.5 Å². The Morgan fingerprint density at radius 2 is 1.81 bits per heavy atom. The molecule has 3 aliphatic heterocycles. The van der Waals surface area contributed by atoms with Crippen molar-refractivity contribution >= 4 is 35.1 Å². The number of ether oxygens (including phenoxy) is 1. The Hall–Kier alpha value is -3.56. The van der Waals surface area contributed by atoms with E-state index in [4.69, 9.17) is 4.74 Å². The number of rotatable bonds is 3. The van der Waals surface area contributed by atoms with Crippen LogP contribution in [0.3, 0.4) is 0 Å². The summed E-state index contributed by atoms with van der Waals surface area (Å²) in [6, 6.07) is 12.2. The van der Waals surface area contributed by atoms with Crippen LogP contribution in [0, 0.1) is 11.8 Å². The number of carbonyl (C=O) groups excluding carboxylic acids is 4. The van der Waals surface area contributed by atoms with E-state index >= 15 is 0 Å². The molecule has 0 aliphatic carbocycles. The summed E-state index contributed by atoms with van der Waals surface area (Å²) in [4.78, 5) is 52.2. The minimum absolute atomic E-state index is 0.283. The second kappa shape index (κ2) is 6.73. The lowest BCUT2D eigenvalue weighted by molar-refractivity contribution is -0.132. The number of nitrogens with zero attached hydrogens (tertiary/aromatic N) is 1. The highest BCUT2D eigenvalue weighted by Crippen LogP contribution is 2.53. The average molecular weight is 421 g/mol. The molecule has 9 nitrogen and oxygen atoms in total. The molecule has 5 rings (SSSR count). The molecule has 0 unspecified atom stereocenters. The molecule has 9 heteroatoms. The highest BCUT2D eigenvalue weighted by molar-refractivity contribution is 6.25.